The highest BCUT2D eigenvalue weighted by Gasteiger charge is 2.24. The number of benzene rings is 1. The molecule has 10 nitrogen and oxygen atoms in total. The molecule has 0 spiro atoms. The van der Waals surface area contributed by atoms with Crippen molar-refractivity contribution in [1.29, 1.82) is 0 Å². The average Bonchev–Trinajstić information content (AvgIpc) is 2.55. The van der Waals surface area contributed by atoms with Gasteiger partial charge < -0.3 is 20.5 Å². The minimum absolute atomic E-state index is 0.00445. The van der Waals surface area contributed by atoms with Gasteiger partial charge >= 0.3 is 11.7 Å². The molecule has 0 aliphatic heterocycles. The van der Waals surface area contributed by atoms with Crippen LogP contribution in [0.3, 0.4) is 0 Å². The molecule has 1 atom stereocenters. The van der Waals surface area contributed by atoms with Gasteiger partial charge in [0, 0.05) is 18.8 Å². The van der Waals surface area contributed by atoms with Gasteiger partial charge in [0.15, 0.2) is 0 Å². The van der Waals surface area contributed by atoms with Gasteiger partial charge in [0.2, 0.25) is 11.6 Å². The summed E-state index contributed by atoms with van der Waals surface area (Å²) in [6, 6.07) is 5.57. The Kier molecular flexibility index (Phi) is 5.79. The molecule has 0 saturated heterocycles. The number of ether oxygens (including phenoxy) is 1. The van der Waals surface area contributed by atoms with Crippen LogP contribution in [0.1, 0.15) is 17.3 Å². The van der Waals surface area contributed by atoms with E-state index in [4.69, 9.17) is 9.84 Å². The second-order valence-corrected chi connectivity index (χ2v) is 5.18. The lowest BCUT2D eigenvalue weighted by Gasteiger charge is -2.14. The van der Waals surface area contributed by atoms with Crippen LogP contribution in [-0.4, -0.2) is 45.7 Å². The van der Waals surface area contributed by atoms with Gasteiger partial charge in [0.25, 0.3) is 0 Å². The van der Waals surface area contributed by atoms with Crippen molar-refractivity contribution < 1.29 is 19.6 Å². The van der Waals surface area contributed by atoms with E-state index < -0.39 is 10.9 Å². The van der Waals surface area contributed by atoms with Crippen LogP contribution in [0, 0.1) is 10.1 Å². The standard InChI is InChI=1S/C15H17N5O5/c1-9(7-25-2)18-13-12(20(23)24)14(17-8-16-13)19-11-5-3-10(4-6-11)15(21)22/h3-6,8-9H,7H2,1-2H3,(H,21,22)(H2,16,17,18,19). The summed E-state index contributed by atoms with van der Waals surface area (Å²) < 4.78 is 4.99. The molecule has 3 N–H and O–H groups in total. The number of nitro groups is 1. The number of carboxylic acids is 1. The Morgan fingerprint density at radius 3 is 2.52 bits per heavy atom. The summed E-state index contributed by atoms with van der Waals surface area (Å²) in [6.07, 6.45) is 1.20. The molecule has 0 bridgehead atoms. The minimum Gasteiger partial charge on any atom is -0.478 e. The van der Waals surface area contributed by atoms with Crippen molar-refractivity contribution >= 4 is 29.0 Å². The number of aromatic nitrogens is 2. The minimum atomic E-state index is -1.06. The molecular weight excluding hydrogens is 330 g/mol. The Balaban J connectivity index is 2.30. The van der Waals surface area contributed by atoms with E-state index in [1.54, 1.807) is 6.92 Å². The Morgan fingerprint density at radius 1 is 1.32 bits per heavy atom. The first-order valence-corrected chi connectivity index (χ1v) is 7.27. The number of hydrogen-bond acceptors (Lipinski definition) is 8. The quantitative estimate of drug-likeness (QED) is 0.484. The van der Waals surface area contributed by atoms with Crippen LogP contribution in [0.2, 0.25) is 0 Å². The lowest BCUT2D eigenvalue weighted by molar-refractivity contribution is -0.383. The third-order valence-electron chi connectivity index (χ3n) is 3.20. The van der Waals surface area contributed by atoms with Crippen molar-refractivity contribution in [2.45, 2.75) is 13.0 Å². The Hall–Kier alpha value is -3.27. The average molecular weight is 347 g/mol. The summed E-state index contributed by atoms with van der Waals surface area (Å²) >= 11 is 0. The molecule has 25 heavy (non-hydrogen) atoms. The van der Waals surface area contributed by atoms with Crippen LogP contribution < -0.4 is 10.6 Å². The molecule has 0 saturated carbocycles. The van der Waals surface area contributed by atoms with Crippen molar-refractivity contribution in [2.75, 3.05) is 24.4 Å². The molecule has 2 rings (SSSR count). The van der Waals surface area contributed by atoms with Gasteiger partial charge in [-0.1, -0.05) is 0 Å². The van der Waals surface area contributed by atoms with Crippen LogP contribution in [0.5, 0.6) is 0 Å². The van der Waals surface area contributed by atoms with Crippen LogP contribution in [-0.2, 0) is 4.74 Å². The summed E-state index contributed by atoms with van der Waals surface area (Å²) in [5.74, 6) is -0.998. The number of anilines is 3. The molecule has 0 radical (unpaired) electrons. The maximum atomic E-state index is 11.5. The van der Waals surface area contributed by atoms with E-state index in [1.165, 1.54) is 37.7 Å². The van der Waals surface area contributed by atoms with E-state index in [1.807, 2.05) is 0 Å². The first-order valence-electron chi connectivity index (χ1n) is 7.27. The third kappa shape index (κ3) is 4.61. The maximum Gasteiger partial charge on any atom is 0.353 e. The van der Waals surface area contributed by atoms with Crippen molar-refractivity contribution in [2.24, 2.45) is 0 Å². The normalized spacial score (nSPS) is 11.6. The zero-order valence-corrected chi connectivity index (χ0v) is 13.6. The number of methoxy groups -OCH3 is 1. The fourth-order valence-electron chi connectivity index (χ4n) is 2.11. The van der Waals surface area contributed by atoms with Crippen LogP contribution >= 0.6 is 0 Å². The highest BCUT2D eigenvalue weighted by molar-refractivity contribution is 5.88. The first kappa shape index (κ1) is 18.1. The molecule has 1 aromatic heterocycles. The summed E-state index contributed by atoms with van der Waals surface area (Å²) in [6.45, 7) is 2.15. The Bertz CT molecular complexity index is 765. The van der Waals surface area contributed by atoms with E-state index in [0.717, 1.165) is 0 Å². The predicted molar refractivity (Wildman–Crippen MR) is 90.3 cm³/mol. The molecule has 0 aliphatic rings. The van der Waals surface area contributed by atoms with E-state index in [-0.39, 0.29) is 28.9 Å². The molecule has 10 heteroatoms. The van der Waals surface area contributed by atoms with Crippen LogP contribution in [0.15, 0.2) is 30.6 Å². The van der Waals surface area contributed by atoms with Gasteiger partial charge in [-0.15, -0.1) is 0 Å². The van der Waals surface area contributed by atoms with Crippen LogP contribution in [0.25, 0.3) is 0 Å². The van der Waals surface area contributed by atoms with Crippen LogP contribution in [0.4, 0.5) is 23.0 Å². The lowest BCUT2D eigenvalue weighted by Crippen LogP contribution is -2.22. The summed E-state index contributed by atoms with van der Waals surface area (Å²) in [7, 11) is 1.53. The van der Waals surface area contributed by atoms with E-state index >= 15 is 0 Å². The Labute approximate surface area is 143 Å². The van der Waals surface area contributed by atoms with Crippen molar-refractivity contribution in [3.05, 3.63) is 46.3 Å². The number of carboxylic acid groups (broad SMARTS) is 1. The number of nitrogens with zero attached hydrogens (tertiary/aromatic N) is 3. The number of nitrogens with one attached hydrogen (secondary N) is 2. The van der Waals surface area contributed by atoms with E-state index in [0.29, 0.717) is 12.3 Å². The number of rotatable bonds is 8. The number of hydrogen-bond donors (Lipinski definition) is 3. The SMILES string of the molecule is COCC(C)Nc1ncnc(Nc2ccc(C(=O)O)cc2)c1[N+](=O)[O-]. The molecule has 0 aliphatic carbocycles. The number of aromatic carboxylic acids is 1. The van der Waals surface area contributed by atoms with Gasteiger partial charge in [-0.3, -0.25) is 10.1 Å². The molecule has 0 fully saturated rings. The second kappa shape index (κ2) is 8.02. The molecule has 1 unspecified atom stereocenters. The van der Waals surface area contributed by atoms with Crippen molar-refractivity contribution in [1.82, 2.24) is 9.97 Å². The predicted octanol–water partition coefficient (Wildman–Crippen LogP) is 2.27. The topological polar surface area (TPSA) is 140 Å². The molecule has 1 heterocycles. The summed E-state index contributed by atoms with van der Waals surface area (Å²) in [4.78, 5) is 29.6. The molecule has 2 aromatic rings. The second-order valence-electron chi connectivity index (χ2n) is 5.18. The highest BCUT2D eigenvalue weighted by atomic mass is 16.6. The van der Waals surface area contributed by atoms with Gasteiger partial charge in [-0.05, 0) is 31.2 Å². The van der Waals surface area contributed by atoms with Gasteiger partial charge in [-0.2, -0.15) is 0 Å². The fourth-order valence-corrected chi connectivity index (χ4v) is 2.11. The van der Waals surface area contributed by atoms with Crippen molar-refractivity contribution in [3.8, 4) is 0 Å². The molecular formula is C15H17N5O5. The van der Waals surface area contributed by atoms with Gasteiger partial charge in [0.05, 0.1) is 17.1 Å². The number of carbonyl (C=O) groups is 1. The zero-order valence-electron chi connectivity index (χ0n) is 13.6. The lowest BCUT2D eigenvalue weighted by atomic mass is 10.2. The van der Waals surface area contributed by atoms with Crippen molar-refractivity contribution in [3.63, 3.8) is 0 Å². The summed E-state index contributed by atoms with van der Waals surface area (Å²) in [5.41, 5.74) is 0.258. The van der Waals surface area contributed by atoms with Gasteiger partial charge in [-0.25, -0.2) is 14.8 Å². The molecule has 0 amide bonds. The van der Waals surface area contributed by atoms with Gasteiger partial charge in [0.1, 0.15) is 6.33 Å². The fraction of sp³-hybridized carbons (Fsp3) is 0.267. The first-order chi connectivity index (χ1) is 11.9. The molecule has 132 valence electrons. The summed E-state index contributed by atoms with van der Waals surface area (Å²) in [5, 5.41) is 26.1. The Morgan fingerprint density at radius 2 is 1.96 bits per heavy atom. The highest BCUT2D eigenvalue weighted by Crippen LogP contribution is 2.31. The third-order valence-corrected chi connectivity index (χ3v) is 3.20. The monoisotopic (exact) mass is 347 g/mol. The van der Waals surface area contributed by atoms with E-state index in [9.17, 15) is 14.9 Å². The molecule has 1 aromatic carbocycles. The van der Waals surface area contributed by atoms with E-state index in [2.05, 4.69) is 20.6 Å². The smallest absolute Gasteiger partial charge is 0.353 e. The zero-order chi connectivity index (χ0) is 18.4. The largest absolute Gasteiger partial charge is 0.478 e. The maximum absolute atomic E-state index is 11.5.